The van der Waals surface area contributed by atoms with Crippen LogP contribution in [0.3, 0.4) is 0 Å². The van der Waals surface area contributed by atoms with Gasteiger partial charge in [-0.15, -0.1) is 0 Å². The fourth-order valence-electron chi connectivity index (χ4n) is 4.76. The Hall–Kier alpha value is -3.20. The molecule has 0 amide bonds. The summed E-state index contributed by atoms with van der Waals surface area (Å²) in [6.45, 7) is 1.99. The van der Waals surface area contributed by atoms with Gasteiger partial charge in [0.15, 0.2) is 11.5 Å². The number of anilines is 1. The molecule has 9 heteroatoms. The zero-order chi connectivity index (χ0) is 25.5. The molecule has 0 fully saturated rings. The maximum atomic E-state index is 13.1. The SMILES string of the molecule is COc1ccc([C@@H]2c3c(Br)ccc(C(=O)O)c3N[C@H](c3ccc(C(F)(F)F)cc3)[C@@H]2C)cc1OC. The first-order chi connectivity index (χ1) is 16.6. The molecule has 0 saturated carbocycles. The maximum absolute atomic E-state index is 13.1. The number of carbonyl (C=O) groups is 1. The quantitative estimate of drug-likeness (QED) is 0.354. The fraction of sp³-hybridized carbons (Fsp3) is 0.269. The second kappa shape index (κ2) is 9.45. The van der Waals surface area contributed by atoms with E-state index in [4.69, 9.17) is 9.47 Å². The highest BCUT2D eigenvalue weighted by atomic mass is 79.9. The molecule has 0 aliphatic carbocycles. The molecule has 1 aliphatic heterocycles. The Labute approximate surface area is 209 Å². The number of carboxylic acids is 1. The zero-order valence-corrected chi connectivity index (χ0v) is 20.7. The minimum absolute atomic E-state index is 0.0810. The summed E-state index contributed by atoms with van der Waals surface area (Å²) in [5.41, 5.74) is 2.01. The van der Waals surface area contributed by atoms with Crippen molar-refractivity contribution in [2.24, 2.45) is 5.92 Å². The number of halogens is 4. The van der Waals surface area contributed by atoms with Gasteiger partial charge in [0, 0.05) is 10.4 Å². The van der Waals surface area contributed by atoms with Gasteiger partial charge in [0.05, 0.1) is 37.1 Å². The second-order valence-electron chi connectivity index (χ2n) is 8.38. The van der Waals surface area contributed by atoms with Gasteiger partial charge < -0.3 is 19.9 Å². The predicted octanol–water partition coefficient (Wildman–Crippen LogP) is 7.12. The Morgan fingerprint density at radius 3 is 2.17 bits per heavy atom. The molecule has 3 atom stereocenters. The van der Waals surface area contributed by atoms with Gasteiger partial charge in [0.25, 0.3) is 0 Å². The van der Waals surface area contributed by atoms with Gasteiger partial charge in [-0.3, -0.25) is 0 Å². The summed E-state index contributed by atoms with van der Waals surface area (Å²) < 4.78 is 51.0. The van der Waals surface area contributed by atoms with Crippen molar-refractivity contribution in [3.8, 4) is 11.5 Å². The number of fused-ring (bicyclic) bond motifs is 1. The summed E-state index contributed by atoms with van der Waals surface area (Å²) >= 11 is 3.59. The van der Waals surface area contributed by atoms with E-state index in [2.05, 4.69) is 21.2 Å². The van der Waals surface area contributed by atoms with Crippen LogP contribution in [0, 0.1) is 5.92 Å². The lowest BCUT2D eigenvalue weighted by Gasteiger charge is -2.41. The third-order valence-corrected chi connectivity index (χ3v) is 7.14. The van der Waals surface area contributed by atoms with Crippen LogP contribution in [-0.4, -0.2) is 25.3 Å². The molecule has 0 saturated heterocycles. The van der Waals surface area contributed by atoms with E-state index in [0.29, 0.717) is 22.7 Å². The van der Waals surface area contributed by atoms with Crippen molar-refractivity contribution in [3.63, 3.8) is 0 Å². The molecule has 0 unspecified atom stereocenters. The Morgan fingerprint density at radius 2 is 1.60 bits per heavy atom. The van der Waals surface area contributed by atoms with Crippen molar-refractivity contribution >= 4 is 27.6 Å². The van der Waals surface area contributed by atoms with Crippen molar-refractivity contribution in [2.45, 2.75) is 25.1 Å². The van der Waals surface area contributed by atoms with E-state index in [1.807, 2.05) is 19.1 Å². The molecule has 2 N–H and O–H groups in total. The largest absolute Gasteiger partial charge is 0.493 e. The number of methoxy groups -OCH3 is 2. The lowest BCUT2D eigenvalue weighted by atomic mass is 9.72. The van der Waals surface area contributed by atoms with Crippen LogP contribution in [0.5, 0.6) is 11.5 Å². The van der Waals surface area contributed by atoms with Crippen LogP contribution in [0.15, 0.2) is 59.1 Å². The number of alkyl halides is 3. The third kappa shape index (κ3) is 4.57. The first-order valence-electron chi connectivity index (χ1n) is 10.8. The maximum Gasteiger partial charge on any atom is 0.416 e. The average molecular weight is 550 g/mol. The second-order valence-corrected chi connectivity index (χ2v) is 9.24. The molecule has 5 nitrogen and oxygen atoms in total. The molecule has 3 aromatic rings. The van der Waals surface area contributed by atoms with Crippen molar-refractivity contribution in [1.29, 1.82) is 0 Å². The van der Waals surface area contributed by atoms with Gasteiger partial charge in [-0.25, -0.2) is 4.79 Å². The van der Waals surface area contributed by atoms with Crippen molar-refractivity contribution in [2.75, 3.05) is 19.5 Å². The Kier molecular flexibility index (Phi) is 6.73. The van der Waals surface area contributed by atoms with Crippen LogP contribution in [0.1, 0.15) is 51.5 Å². The summed E-state index contributed by atoms with van der Waals surface area (Å²) in [5.74, 6) is -0.498. The first kappa shape index (κ1) is 24.9. The number of hydrogen-bond donors (Lipinski definition) is 2. The number of carboxylic acid groups (broad SMARTS) is 1. The third-order valence-electron chi connectivity index (χ3n) is 6.45. The Bertz CT molecular complexity index is 1260. The van der Waals surface area contributed by atoms with Crippen LogP contribution < -0.4 is 14.8 Å². The molecule has 3 aromatic carbocycles. The number of rotatable bonds is 5. The van der Waals surface area contributed by atoms with Crippen molar-refractivity contribution < 1.29 is 32.5 Å². The van der Waals surface area contributed by atoms with Gasteiger partial charge in [0.2, 0.25) is 0 Å². The number of hydrogen-bond acceptors (Lipinski definition) is 4. The standard InChI is InChI=1S/C26H23BrF3NO4/c1-13-21(15-6-11-19(34-2)20(12-15)35-3)22-18(27)10-9-17(25(32)33)24(22)31-23(13)14-4-7-16(8-5-14)26(28,29)30/h4-13,21,23,31H,1-3H3,(H,32,33)/t13-,21-,23+/m1/s1. The average Bonchev–Trinajstić information content (AvgIpc) is 2.83. The van der Waals surface area contributed by atoms with E-state index in [9.17, 15) is 23.1 Å². The van der Waals surface area contributed by atoms with Crippen molar-refractivity contribution in [3.05, 3.63) is 86.9 Å². The number of ether oxygens (including phenoxy) is 2. The summed E-state index contributed by atoms with van der Waals surface area (Å²) in [7, 11) is 3.07. The molecule has 1 aliphatic rings. The zero-order valence-electron chi connectivity index (χ0n) is 19.1. The minimum atomic E-state index is -4.44. The molecule has 35 heavy (non-hydrogen) atoms. The number of benzene rings is 3. The highest BCUT2D eigenvalue weighted by Crippen LogP contribution is 2.52. The Morgan fingerprint density at radius 1 is 0.971 bits per heavy atom. The molecule has 0 spiro atoms. The van der Waals surface area contributed by atoms with E-state index >= 15 is 0 Å². The number of nitrogens with one attached hydrogen (secondary N) is 1. The molecular formula is C26H23BrF3NO4. The summed E-state index contributed by atoms with van der Waals surface area (Å²) in [5, 5.41) is 13.2. The smallest absolute Gasteiger partial charge is 0.416 e. The van der Waals surface area contributed by atoms with Crippen LogP contribution in [0.4, 0.5) is 18.9 Å². The first-order valence-corrected chi connectivity index (χ1v) is 11.6. The lowest BCUT2D eigenvalue weighted by molar-refractivity contribution is -0.137. The van der Waals surface area contributed by atoms with E-state index in [1.54, 1.807) is 12.1 Å². The summed E-state index contributed by atoms with van der Waals surface area (Å²) in [6.07, 6.45) is -4.44. The van der Waals surface area contributed by atoms with Gasteiger partial charge in [0.1, 0.15) is 0 Å². The molecule has 0 bridgehead atoms. The van der Waals surface area contributed by atoms with E-state index in [1.165, 1.54) is 32.4 Å². The van der Waals surface area contributed by atoms with Crippen LogP contribution >= 0.6 is 15.9 Å². The Balaban J connectivity index is 1.90. The van der Waals surface area contributed by atoms with Crippen molar-refractivity contribution in [1.82, 2.24) is 0 Å². The molecule has 184 valence electrons. The van der Waals surface area contributed by atoms with E-state index in [0.717, 1.165) is 27.7 Å². The van der Waals surface area contributed by atoms with Gasteiger partial charge in [-0.1, -0.05) is 41.1 Å². The molecule has 0 radical (unpaired) electrons. The highest BCUT2D eigenvalue weighted by molar-refractivity contribution is 9.10. The molecule has 4 rings (SSSR count). The predicted molar refractivity (Wildman–Crippen MR) is 129 cm³/mol. The van der Waals surface area contributed by atoms with Gasteiger partial charge in [-0.05, 0) is 59.0 Å². The molecular weight excluding hydrogens is 527 g/mol. The normalized spacial score (nSPS) is 19.5. The van der Waals surface area contributed by atoms with Gasteiger partial charge in [-0.2, -0.15) is 13.2 Å². The van der Waals surface area contributed by atoms with Crippen LogP contribution in [-0.2, 0) is 6.18 Å². The molecule has 1 heterocycles. The monoisotopic (exact) mass is 549 g/mol. The summed E-state index contributed by atoms with van der Waals surface area (Å²) in [6, 6.07) is 13.2. The number of aromatic carboxylic acids is 1. The van der Waals surface area contributed by atoms with Crippen LogP contribution in [0.2, 0.25) is 0 Å². The van der Waals surface area contributed by atoms with E-state index in [-0.39, 0.29) is 17.4 Å². The topological polar surface area (TPSA) is 67.8 Å². The van der Waals surface area contributed by atoms with Gasteiger partial charge >= 0.3 is 12.1 Å². The summed E-state index contributed by atoms with van der Waals surface area (Å²) in [4.78, 5) is 12.1. The fourth-order valence-corrected chi connectivity index (χ4v) is 5.33. The van der Waals surface area contributed by atoms with Crippen LogP contribution in [0.25, 0.3) is 0 Å². The van der Waals surface area contributed by atoms with E-state index < -0.39 is 23.8 Å². The highest BCUT2D eigenvalue weighted by Gasteiger charge is 2.39. The lowest BCUT2D eigenvalue weighted by Crippen LogP contribution is -2.32. The minimum Gasteiger partial charge on any atom is -0.493 e. The molecule has 0 aromatic heterocycles.